The van der Waals surface area contributed by atoms with Gasteiger partial charge in [0.05, 0.1) is 17.0 Å². The molecule has 0 saturated heterocycles. The highest BCUT2D eigenvalue weighted by atomic mass is 32.1. The summed E-state index contributed by atoms with van der Waals surface area (Å²) in [5.74, 6) is 0.879. The normalized spacial score (nSPS) is 14.0. The van der Waals surface area contributed by atoms with Gasteiger partial charge in [0.15, 0.2) is 0 Å². The third kappa shape index (κ3) is 2.76. The first-order valence-corrected chi connectivity index (χ1v) is 7.61. The molecule has 1 unspecified atom stereocenters. The maximum absolute atomic E-state index is 9.80. The molecule has 0 amide bonds. The smallest absolute Gasteiger partial charge is 0.150 e. The van der Waals surface area contributed by atoms with Crippen LogP contribution in [0.4, 0.5) is 0 Å². The van der Waals surface area contributed by atoms with Gasteiger partial charge >= 0.3 is 0 Å². The Kier molecular flexibility index (Phi) is 3.88. The summed E-state index contributed by atoms with van der Waals surface area (Å²) in [6.45, 7) is 0.347. The van der Waals surface area contributed by atoms with E-state index < -0.39 is 5.54 Å². The molecule has 2 aromatic heterocycles. The molecule has 0 spiro atoms. The summed E-state index contributed by atoms with van der Waals surface area (Å²) in [4.78, 5) is 5.50. The average molecular weight is 299 g/mol. The zero-order valence-corrected chi connectivity index (χ0v) is 12.3. The number of thiophene rings is 1. The predicted octanol–water partition coefficient (Wildman–Crippen LogP) is 2.46. The molecule has 0 aliphatic carbocycles. The van der Waals surface area contributed by atoms with Crippen LogP contribution in [-0.2, 0) is 12.1 Å². The third-order valence-corrected chi connectivity index (χ3v) is 4.41. The van der Waals surface area contributed by atoms with Gasteiger partial charge in [0.1, 0.15) is 5.82 Å². The van der Waals surface area contributed by atoms with E-state index in [1.807, 2.05) is 58.6 Å². The van der Waals surface area contributed by atoms with Gasteiger partial charge < -0.3 is 15.4 Å². The molecule has 3 N–H and O–H groups in total. The van der Waals surface area contributed by atoms with Crippen molar-refractivity contribution in [2.75, 3.05) is 6.61 Å². The summed E-state index contributed by atoms with van der Waals surface area (Å²) in [5, 5.41) is 11.8. The highest BCUT2D eigenvalue weighted by Gasteiger charge is 2.28. The van der Waals surface area contributed by atoms with E-state index in [2.05, 4.69) is 4.98 Å². The van der Waals surface area contributed by atoms with E-state index in [0.717, 1.165) is 16.3 Å². The maximum atomic E-state index is 9.80. The Morgan fingerprint density at radius 3 is 2.67 bits per heavy atom. The second kappa shape index (κ2) is 5.81. The Balaban J connectivity index is 1.94. The number of aliphatic hydroxyl groups excluding tert-OH is 1. The average Bonchev–Trinajstić information content (AvgIpc) is 3.18. The summed E-state index contributed by atoms with van der Waals surface area (Å²) in [6.07, 6.45) is 3.66. The van der Waals surface area contributed by atoms with Gasteiger partial charge in [-0.2, -0.15) is 0 Å². The van der Waals surface area contributed by atoms with E-state index in [9.17, 15) is 5.11 Å². The number of aliphatic hydroxyl groups is 1. The number of hydrogen-bond donors (Lipinski definition) is 2. The molecule has 0 saturated carbocycles. The van der Waals surface area contributed by atoms with E-state index in [0.29, 0.717) is 6.54 Å². The number of hydrogen-bond acceptors (Lipinski definition) is 4. The number of imidazole rings is 1. The van der Waals surface area contributed by atoms with E-state index in [-0.39, 0.29) is 6.61 Å². The second-order valence-corrected chi connectivity index (χ2v) is 5.98. The zero-order chi connectivity index (χ0) is 14.7. The van der Waals surface area contributed by atoms with Gasteiger partial charge in [-0.25, -0.2) is 4.98 Å². The molecule has 2 heterocycles. The highest BCUT2D eigenvalue weighted by Crippen LogP contribution is 2.26. The number of nitrogens with two attached hydrogens (primary N) is 1. The van der Waals surface area contributed by atoms with Crippen molar-refractivity contribution in [1.29, 1.82) is 0 Å². The first-order chi connectivity index (χ1) is 10.2. The predicted molar refractivity (Wildman–Crippen MR) is 84.9 cm³/mol. The first kappa shape index (κ1) is 14.0. The molecule has 0 radical (unpaired) electrons. The van der Waals surface area contributed by atoms with Crippen molar-refractivity contribution < 1.29 is 5.11 Å². The fourth-order valence-corrected chi connectivity index (χ4v) is 3.11. The molecule has 108 valence electrons. The van der Waals surface area contributed by atoms with Gasteiger partial charge in [-0.15, -0.1) is 11.3 Å². The van der Waals surface area contributed by atoms with E-state index in [1.165, 1.54) is 0 Å². The molecule has 5 heteroatoms. The van der Waals surface area contributed by atoms with Gasteiger partial charge in [-0.05, 0) is 17.0 Å². The highest BCUT2D eigenvalue weighted by molar-refractivity contribution is 7.13. The Morgan fingerprint density at radius 1 is 1.19 bits per heavy atom. The molecule has 0 bridgehead atoms. The van der Waals surface area contributed by atoms with Crippen LogP contribution in [0.1, 0.15) is 5.56 Å². The Bertz CT molecular complexity index is 693. The van der Waals surface area contributed by atoms with E-state index >= 15 is 0 Å². The summed E-state index contributed by atoms with van der Waals surface area (Å²) in [7, 11) is 0. The maximum Gasteiger partial charge on any atom is 0.150 e. The van der Waals surface area contributed by atoms with Crippen LogP contribution in [0.5, 0.6) is 0 Å². The molecule has 3 aromatic rings. The number of benzene rings is 1. The molecule has 0 aliphatic heterocycles. The number of aromatic nitrogens is 2. The first-order valence-electron chi connectivity index (χ1n) is 6.73. The lowest BCUT2D eigenvalue weighted by Gasteiger charge is -2.29. The lowest BCUT2D eigenvalue weighted by Crippen LogP contribution is -2.44. The van der Waals surface area contributed by atoms with Crippen LogP contribution >= 0.6 is 11.3 Å². The molecular formula is C16H17N3OS. The Labute approximate surface area is 127 Å². The Morgan fingerprint density at radius 2 is 2.00 bits per heavy atom. The second-order valence-electron chi connectivity index (χ2n) is 5.04. The lowest BCUT2D eigenvalue weighted by atomic mass is 9.91. The molecule has 3 rings (SSSR count). The third-order valence-electron chi connectivity index (χ3n) is 3.54. The van der Waals surface area contributed by atoms with Gasteiger partial charge in [0.25, 0.3) is 0 Å². The van der Waals surface area contributed by atoms with Crippen molar-refractivity contribution in [3.8, 4) is 10.7 Å². The lowest BCUT2D eigenvalue weighted by molar-refractivity contribution is 0.179. The Hall–Kier alpha value is -1.95. The van der Waals surface area contributed by atoms with Crippen LogP contribution in [0, 0.1) is 0 Å². The monoisotopic (exact) mass is 299 g/mol. The summed E-state index contributed by atoms with van der Waals surface area (Å²) in [6, 6.07) is 13.7. The quantitative estimate of drug-likeness (QED) is 0.760. The summed E-state index contributed by atoms with van der Waals surface area (Å²) < 4.78 is 2.00. The van der Waals surface area contributed by atoms with Crippen molar-refractivity contribution in [3.63, 3.8) is 0 Å². The van der Waals surface area contributed by atoms with Crippen LogP contribution in [0.25, 0.3) is 10.7 Å². The fourth-order valence-electron chi connectivity index (χ4n) is 2.37. The van der Waals surface area contributed by atoms with Gasteiger partial charge in [-0.3, -0.25) is 0 Å². The largest absolute Gasteiger partial charge is 0.394 e. The zero-order valence-electron chi connectivity index (χ0n) is 11.5. The van der Waals surface area contributed by atoms with Crippen LogP contribution in [0.15, 0.2) is 60.2 Å². The van der Waals surface area contributed by atoms with Crippen LogP contribution in [0.2, 0.25) is 0 Å². The van der Waals surface area contributed by atoms with Crippen LogP contribution < -0.4 is 5.73 Å². The van der Waals surface area contributed by atoms with Crippen molar-refractivity contribution in [2.45, 2.75) is 12.1 Å². The van der Waals surface area contributed by atoms with Crippen molar-refractivity contribution >= 4 is 11.3 Å². The molecular weight excluding hydrogens is 282 g/mol. The van der Waals surface area contributed by atoms with Gasteiger partial charge in [-0.1, -0.05) is 36.4 Å². The minimum absolute atomic E-state index is 0.126. The van der Waals surface area contributed by atoms with Crippen LogP contribution in [-0.4, -0.2) is 21.3 Å². The van der Waals surface area contributed by atoms with Crippen molar-refractivity contribution in [2.24, 2.45) is 5.73 Å². The molecule has 1 atom stereocenters. The van der Waals surface area contributed by atoms with Crippen LogP contribution in [0.3, 0.4) is 0 Å². The van der Waals surface area contributed by atoms with Crippen molar-refractivity contribution in [3.05, 3.63) is 65.8 Å². The fraction of sp³-hybridized carbons (Fsp3) is 0.188. The minimum atomic E-state index is -0.825. The molecule has 0 aliphatic rings. The molecule has 1 aromatic carbocycles. The minimum Gasteiger partial charge on any atom is -0.394 e. The van der Waals surface area contributed by atoms with E-state index in [1.54, 1.807) is 17.5 Å². The number of nitrogens with zero attached hydrogens (tertiary/aromatic N) is 2. The van der Waals surface area contributed by atoms with E-state index in [4.69, 9.17) is 5.73 Å². The van der Waals surface area contributed by atoms with Gasteiger partial charge in [0.2, 0.25) is 0 Å². The summed E-state index contributed by atoms with van der Waals surface area (Å²) in [5.41, 5.74) is 6.53. The standard InChI is InChI=1S/C16H17N3OS/c17-16(12-20,13-5-2-1-3-6-13)11-19-9-8-18-15(19)14-7-4-10-21-14/h1-10,20H,11-12,17H2. The van der Waals surface area contributed by atoms with Crippen molar-refractivity contribution in [1.82, 2.24) is 9.55 Å². The topological polar surface area (TPSA) is 64.1 Å². The molecule has 0 fully saturated rings. The number of rotatable bonds is 5. The summed E-state index contributed by atoms with van der Waals surface area (Å²) >= 11 is 1.64. The SMILES string of the molecule is NC(CO)(Cn1ccnc1-c1cccs1)c1ccccc1. The molecule has 21 heavy (non-hydrogen) atoms. The molecule has 4 nitrogen and oxygen atoms in total. The van der Waals surface area contributed by atoms with Gasteiger partial charge in [0, 0.05) is 18.9 Å².